The van der Waals surface area contributed by atoms with Crippen molar-refractivity contribution in [3.63, 3.8) is 0 Å². The molecule has 0 aliphatic carbocycles. The summed E-state index contributed by atoms with van der Waals surface area (Å²) in [5.41, 5.74) is 6.09. The molecule has 80 valence electrons. The van der Waals surface area contributed by atoms with Crippen molar-refractivity contribution >= 4 is 35.4 Å². The fourth-order valence-corrected chi connectivity index (χ4v) is 1.51. The summed E-state index contributed by atoms with van der Waals surface area (Å²) in [5.74, 6) is 0.290. The molecule has 5 heteroatoms. The highest BCUT2D eigenvalue weighted by molar-refractivity contribution is 7.08. The van der Waals surface area contributed by atoms with Crippen molar-refractivity contribution < 1.29 is 9.53 Å². The highest BCUT2D eigenvalue weighted by Crippen LogP contribution is 2.25. The molecule has 2 N–H and O–H groups in total. The standard InChI is InChI=1S/C9H13NO2S.ClH/c1-2-3-4-9(11)12-8-6-13-5-7(8)10;/h5-6H,2-4,10H2,1H3;1H. The van der Waals surface area contributed by atoms with Crippen LogP contribution in [0.15, 0.2) is 10.8 Å². The summed E-state index contributed by atoms with van der Waals surface area (Å²) in [6, 6.07) is 0. The van der Waals surface area contributed by atoms with Crippen molar-refractivity contribution in [3.05, 3.63) is 10.8 Å². The fraction of sp³-hybridized carbons (Fsp3) is 0.444. The number of hydrogen-bond donors (Lipinski definition) is 1. The lowest BCUT2D eigenvalue weighted by atomic mass is 10.2. The number of esters is 1. The Morgan fingerprint density at radius 3 is 2.79 bits per heavy atom. The number of nitrogens with two attached hydrogens (primary N) is 1. The monoisotopic (exact) mass is 235 g/mol. The predicted octanol–water partition coefficient (Wildman–Crippen LogP) is 2.85. The van der Waals surface area contributed by atoms with Crippen LogP contribution in [0.1, 0.15) is 26.2 Å². The second kappa shape index (κ2) is 6.68. The van der Waals surface area contributed by atoms with Crippen LogP contribution in [0.5, 0.6) is 5.75 Å². The lowest BCUT2D eigenvalue weighted by molar-refractivity contribution is -0.134. The van der Waals surface area contributed by atoms with Crippen molar-refractivity contribution in [2.75, 3.05) is 5.73 Å². The molecule has 0 aliphatic heterocycles. The van der Waals surface area contributed by atoms with Gasteiger partial charge >= 0.3 is 5.97 Å². The Morgan fingerprint density at radius 2 is 2.29 bits per heavy atom. The van der Waals surface area contributed by atoms with Crippen molar-refractivity contribution in [1.29, 1.82) is 0 Å². The molecule has 0 saturated carbocycles. The van der Waals surface area contributed by atoms with E-state index in [1.165, 1.54) is 11.3 Å². The Balaban J connectivity index is 0.00000169. The Kier molecular flexibility index (Phi) is 6.32. The summed E-state index contributed by atoms with van der Waals surface area (Å²) in [7, 11) is 0. The Hall–Kier alpha value is -0.740. The molecular weight excluding hydrogens is 222 g/mol. The van der Waals surface area contributed by atoms with Crippen LogP contribution in [0, 0.1) is 0 Å². The molecule has 1 heterocycles. The normalized spacial score (nSPS) is 9.21. The van der Waals surface area contributed by atoms with Crippen LogP contribution >= 0.6 is 23.7 Å². The fourth-order valence-electron chi connectivity index (χ4n) is 0.873. The summed E-state index contributed by atoms with van der Waals surface area (Å²) < 4.78 is 5.03. The molecule has 14 heavy (non-hydrogen) atoms. The van der Waals surface area contributed by atoms with Crippen LogP contribution in [-0.2, 0) is 4.79 Å². The zero-order chi connectivity index (χ0) is 9.68. The van der Waals surface area contributed by atoms with Crippen LogP contribution in [0.3, 0.4) is 0 Å². The second-order valence-corrected chi connectivity index (χ2v) is 3.51. The molecule has 0 amide bonds. The van der Waals surface area contributed by atoms with Gasteiger partial charge in [-0.05, 0) is 6.42 Å². The molecule has 1 aromatic rings. The molecule has 0 atom stereocenters. The molecule has 0 unspecified atom stereocenters. The van der Waals surface area contributed by atoms with Gasteiger partial charge in [0.05, 0.1) is 5.69 Å². The van der Waals surface area contributed by atoms with E-state index in [-0.39, 0.29) is 18.4 Å². The molecule has 0 aliphatic rings. The molecule has 0 aromatic carbocycles. The van der Waals surface area contributed by atoms with Gasteiger partial charge in [0.15, 0.2) is 5.75 Å². The van der Waals surface area contributed by atoms with E-state index in [4.69, 9.17) is 10.5 Å². The third-order valence-electron chi connectivity index (χ3n) is 1.61. The number of carbonyl (C=O) groups is 1. The Bertz CT molecular complexity index is 288. The first kappa shape index (κ1) is 13.3. The molecule has 0 radical (unpaired) electrons. The molecule has 0 bridgehead atoms. The van der Waals surface area contributed by atoms with E-state index in [1.54, 1.807) is 10.8 Å². The average molecular weight is 236 g/mol. The number of anilines is 1. The third-order valence-corrected chi connectivity index (χ3v) is 2.35. The van der Waals surface area contributed by atoms with Crippen molar-refractivity contribution in [2.45, 2.75) is 26.2 Å². The van der Waals surface area contributed by atoms with Gasteiger partial charge in [0.25, 0.3) is 0 Å². The van der Waals surface area contributed by atoms with Crippen LogP contribution in [0.2, 0.25) is 0 Å². The quantitative estimate of drug-likeness (QED) is 0.817. The molecule has 0 spiro atoms. The summed E-state index contributed by atoms with van der Waals surface area (Å²) >= 11 is 1.43. The Morgan fingerprint density at radius 1 is 1.57 bits per heavy atom. The lowest BCUT2D eigenvalue weighted by Crippen LogP contribution is -2.07. The SMILES string of the molecule is CCCCC(=O)Oc1cscc1N.Cl. The molecule has 1 aromatic heterocycles. The van der Waals surface area contributed by atoms with E-state index in [2.05, 4.69) is 0 Å². The third kappa shape index (κ3) is 3.98. The zero-order valence-corrected chi connectivity index (χ0v) is 9.62. The van der Waals surface area contributed by atoms with E-state index >= 15 is 0 Å². The minimum absolute atomic E-state index is 0. The van der Waals surface area contributed by atoms with E-state index in [1.807, 2.05) is 6.92 Å². The number of unbranched alkanes of at least 4 members (excludes halogenated alkanes) is 1. The number of rotatable bonds is 4. The minimum Gasteiger partial charge on any atom is -0.423 e. The van der Waals surface area contributed by atoms with Gasteiger partial charge in [-0.15, -0.1) is 23.7 Å². The van der Waals surface area contributed by atoms with Gasteiger partial charge in [0.1, 0.15) is 0 Å². The molecule has 0 fully saturated rings. The highest BCUT2D eigenvalue weighted by Gasteiger charge is 2.07. The van der Waals surface area contributed by atoms with Gasteiger partial charge in [0, 0.05) is 17.2 Å². The summed E-state index contributed by atoms with van der Waals surface area (Å²) in [4.78, 5) is 11.1. The first-order chi connectivity index (χ1) is 6.24. The smallest absolute Gasteiger partial charge is 0.311 e. The summed E-state index contributed by atoms with van der Waals surface area (Å²) in [6.07, 6.45) is 2.32. The number of ether oxygens (including phenoxy) is 1. The first-order valence-corrected chi connectivity index (χ1v) is 5.20. The van der Waals surface area contributed by atoms with Crippen LogP contribution in [0.25, 0.3) is 0 Å². The van der Waals surface area contributed by atoms with Crippen LogP contribution < -0.4 is 10.5 Å². The van der Waals surface area contributed by atoms with E-state index in [9.17, 15) is 4.79 Å². The van der Waals surface area contributed by atoms with Crippen molar-refractivity contribution in [2.24, 2.45) is 0 Å². The molecule has 0 saturated heterocycles. The van der Waals surface area contributed by atoms with Gasteiger partial charge in [-0.3, -0.25) is 4.79 Å². The number of halogens is 1. The number of thiophene rings is 1. The van der Waals surface area contributed by atoms with Gasteiger partial charge < -0.3 is 10.5 Å². The Labute approximate surface area is 93.7 Å². The minimum atomic E-state index is -0.202. The lowest BCUT2D eigenvalue weighted by Gasteiger charge is -2.01. The van der Waals surface area contributed by atoms with Crippen LogP contribution in [0.4, 0.5) is 5.69 Å². The van der Waals surface area contributed by atoms with Crippen molar-refractivity contribution in [1.82, 2.24) is 0 Å². The van der Waals surface area contributed by atoms with Gasteiger partial charge in [-0.1, -0.05) is 13.3 Å². The maximum atomic E-state index is 11.1. The number of carbonyl (C=O) groups excluding carboxylic acids is 1. The summed E-state index contributed by atoms with van der Waals surface area (Å²) in [6.45, 7) is 2.03. The van der Waals surface area contributed by atoms with Crippen molar-refractivity contribution in [3.8, 4) is 5.75 Å². The van der Waals surface area contributed by atoms with Gasteiger partial charge in [0.2, 0.25) is 0 Å². The maximum Gasteiger partial charge on any atom is 0.311 e. The largest absolute Gasteiger partial charge is 0.423 e. The molecule has 3 nitrogen and oxygen atoms in total. The molecular formula is C9H14ClNO2S. The second-order valence-electron chi connectivity index (χ2n) is 2.77. The number of hydrogen-bond acceptors (Lipinski definition) is 4. The molecule has 1 rings (SSSR count). The highest BCUT2D eigenvalue weighted by atomic mass is 35.5. The van der Waals surface area contributed by atoms with E-state index in [0.29, 0.717) is 17.9 Å². The summed E-state index contributed by atoms with van der Waals surface area (Å²) in [5, 5.41) is 3.49. The van der Waals surface area contributed by atoms with E-state index in [0.717, 1.165) is 12.8 Å². The zero-order valence-electron chi connectivity index (χ0n) is 7.99. The first-order valence-electron chi connectivity index (χ1n) is 4.26. The maximum absolute atomic E-state index is 11.1. The number of nitrogen functional groups attached to an aromatic ring is 1. The average Bonchev–Trinajstić information content (AvgIpc) is 2.48. The van der Waals surface area contributed by atoms with E-state index < -0.39 is 0 Å². The van der Waals surface area contributed by atoms with Gasteiger partial charge in [-0.25, -0.2) is 0 Å². The predicted molar refractivity (Wildman–Crippen MR) is 61.1 cm³/mol. The topological polar surface area (TPSA) is 52.3 Å². The van der Waals surface area contributed by atoms with Gasteiger partial charge in [-0.2, -0.15) is 0 Å². The van der Waals surface area contributed by atoms with Crippen LogP contribution in [-0.4, -0.2) is 5.97 Å².